The highest BCUT2D eigenvalue weighted by Gasteiger charge is 2.38. The molecule has 1 aliphatic rings. The average molecular weight is 693 g/mol. The SMILES string of the molecule is CC(C)CC(C)Cc1cc(Sc2ccc(C(C)(C)C)cc2)c2c(c1O)C(=O)c1c(-c3ccccc3)cc(CC(C)CC(C)C)c(O)c1C2=S. The minimum Gasteiger partial charge on any atom is -0.507 e. The van der Waals surface area contributed by atoms with Gasteiger partial charge >= 0.3 is 0 Å². The number of ketones is 1. The molecule has 0 amide bonds. The van der Waals surface area contributed by atoms with Gasteiger partial charge in [0, 0.05) is 26.5 Å². The van der Waals surface area contributed by atoms with Crippen molar-refractivity contribution in [1.29, 1.82) is 0 Å². The number of phenols is 2. The quantitative estimate of drug-likeness (QED) is 0.135. The van der Waals surface area contributed by atoms with Gasteiger partial charge in [0.2, 0.25) is 0 Å². The summed E-state index contributed by atoms with van der Waals surface area (Å²) >= 11 is 7.85. The van der Waals surface area contributed by atoms with Gasteiger partial charge in [0.25, 0.3) is 0 Å². The van der Waals surface area contributed by atoms with Gasteiger partial charge in [0.05, 0.1) is 10.4 Å². The topological polar surface area (TPSA) is 57.5 Å². The predicted octanol–water partition coefficient (Wildman–Crippen LogP) is 12.0. The number of rotatable bonds is 11. The molecule has 49 heavy (non-hydrogen) atoms. The lowest BCUT2D eigenvalue weighted by Crippen LogP contribution is -2.24. The summed E-state index contributed by atoms with van der Waals surface area (Å²) in [6.07, 6.45) is 3.33. The lowest BCUT2D eigenvalue weighted by Gasteiger charge is -2.29. The van der Waals surface area contributed by atoms with Crippen molar-refractivity contribution in [1.82, 2.24) is 0 Å². The highest BCUT2D eigenvalue weighted by Crippen LogP contribution is 2.48. The fourth-order valence-electron chi connectivity index (χ4n) is 7.50. The van der Waals surface area contributed by atoms with E-state index in [9.17, 15) is 15.0 Å². The van der Waals surface area contributed by atoms with Gasteiger partial charge in [-0.2, -0.15) is 0 Å². The molecule has 2 unspecified atom stereocenters. The van der Waals surface area contributed by atoms with Crippen molar-refractivity contribution in [3.63, 3.8) is 0 Å². The predicted molar refractivity (Wildman–Crippen MR) is 210 cm³/mol. The maximum absolute atomic E-state index is 14.9. The number of fused-ring (bicyclic) bond motifs is 2. The van der Waals surface area contributed by atoms with Crippen molar-refractivity contribution in [2.24, 2.45) is 23.7 Å². The molecule has 4 aromatic rings. The smallest absolute Gasteiger partial charge is 0.198 e. The second-order valence-electron chi connectivity index (χ2n) is 16.1. The molecule has 0 spiro atoms. The molecular formula is C44H52O3S2. The fourth-order valence-corrected chi connectivity index (χ4v) is 9.01. The number of hydrogen-bond donors (Lipinski definition) is 2. The number of carbonyl (C=O) groups excluding carboxylic acids is 1. The van der Waals surface area contributed by atoms with Gasteiger partial charge in [-0.1, -0.05) is 129 Å². The fraction of sp³-hybridized carbons (Fsp3) is 0.409. The third kappa shape index (κ3) is 7.99. The van der Waals surface area contributed by atoms with E-state index in [0.29, 0.717) is 58.1 Å². The van der Waals surface area contributed by atoms with Gasteiger partial charge < -0.3 is 10.2 Å². The van der Waals surface area contributed by atoms with Gasteiger partial charge in [-0.3, -0.25) is 4.79 Å². The summed E-state index contributed by atoms with van der Waals surface area (Å²) in [4.78, 5) is 17.2. The summed E-state index contributed by atoms with van der Waals surface area (Å²) in [5.41, 5.74) is 6.00. The Hall–Kier alpha value is -3.41. The summed E-state index contributed by atoms with van der Waals surface area (Å²) in [6, 6.07) is 22.4. The summed E-state index contributed by atoms with van der Waals surface area (Å²) in [6.45, 7) is 19.8. The van der Waals surface area contributed by atoms with Crippen molar-refractivity contribution in [2.75, 3.05) is 0 Å². The van der Waals surface area contributed by atoms with Crippen LogP contribution in [0.3, 0.4) is 0 Å². The first kappa shape index (κ1) is 36.9. The Morgan fingerprint density at radius 3 is 1.76 bits per heavy atom. The molecular weight excluding hydrogens is 641 g/mol. The zero-order chi connectivity index (χ0) is 35.8. The largest absolute Gasteiger partial charge is 0.507 e. The molecule has 0 aliphatic heterocycles. The Morgan fingerprint density at radius 2 is 1.22 bits per heavy atom. The van der Waals surface area contributed by atoms with Crippen molar-refractivity contribution < 1.29 is 15.0 Å². The van der Waals surface area contributed by atoms with Crippen molar-refractivity contribution in [3.8, 4) is 22.6 Å². The van der Waals surface area contributed by atoms with Crippen molar-refractivity contribution in [2.45, 2.75) is 103 Å². The van der Waals surface area contributed by atoms with Crippen LogP contribution in [-0.4, -0.2) is 20.9 Å². The number of aromatic hydroxyl groups is 2. The van der Waals surface area contributed by atoms with Crippen LogP contribution in [-0.2, 0) is 18.3 Å². The number of hydrogen-bond acceptors (Lipinski definition) is 5. The zero-order valence-electron chi connectivity index (χ0n) is 30.6. The molecule has 0 radical (unpaired) electrons. The van der Waals surface area contributed by atoms with E-state index in [1.165, 1.54) is 5.56 Å². The maximum Gasteiger partial charge on any atom is 0.198 e. The molecule has 0 aromatic heterocycles. The Kier molecular flexibility index (Phi) is 11.2. The van der Waals surface area contributed by atoms with E-state index >= 15 is 0 Å². The van der Waals surface area contributed by atoms with E-state index in [-0.39, 0.29) is 28.3 Å². The molecule has 4 aromatic carbocycles. The van der Waals surface area contributed by atoms with Gasteiger partial charge in [0.1, 0.15) is 11.5 Å². The van der Waals surface area contributed by atoms with Crippen LogP contribution in [0.25, 0.3) is 11.1 Å². The van der Waals surface area contributed by atoms with E-state index in [1.807, 2.05) is 42.5 Å². The molecule has 1 aliphatic carbocycles. The Bertz CT molecular complexity index is 1850. The second-order valence-corrected chi connectivity index (χ2v) is 17.6. The summed E-state index contributed by atoms with van der Waals surface area (Å²) in [5.74, 6) is 1.46. The molecule has 258 valence electrons. The molecule has 0 saturated heterocycles. The van der Waals surface area contributed by atoms with Crippen LogP contribution in [0, 0.1) is 23.7 Å². The summed E-state index contributed by atoms with van der Waals surface area (Å²) in [7, 11) is 0. The van der Waals surface area contributed by atoms with E-state index in [0.717, 1.165) is 44.9 Å². The van der Waals surface area contributed by atoms with E-state index in [4.69, 9.17) is 12.2 Å². The highest BCUT2D eigenvalue weighted by atomic mass is 32.2. The van der Waals surface area contributed by atoms with Crippen LogP contribution in [0.1, 0.15) is 119 Å². The Labute approximate surface area is 303 Å². The normalized spacial score (nSPS) is 14.3. The van der Waals surface area contributed by atoms with Crippen LogP contribution in [0.15, 0.2) is 76.5 Å². The zero-order valence-corrected chi connectivity index (χ0v) is 32.2. The molecule has 2 N–H and O–H groups in total. The van der Waals surface area contributed by atoms with E-state index < -0.39 is 0 Å². The van der Waals surface area contributed by atoms with Gasteiger partial charge in [-0.25, -0.2) is 0 Å². The Morgan fingerprint density at radius 1 is 0.694 bits per heavy atom. The van der Waals surface area contributed by atoms with Crippen molar-refractivity contribution in [3.05, 3.63) is 106 Å². The minimum absolute atomic E-state index is 0.00386. The Balaban J connectivity index is 1.74. The monoisotopic (exact) mass is 692 g/mol. The standard InChI is InChI=1S/C44H52O3S2/c1-25(2)19-27(5)21-30-23-34(29-13-11-10-12-14-29)36-39(41(30)46)43(48)37-35(49-33-17-15-32(16-18-33)44(7,8)9)24-31(22-28(6)20-26(3)4)40(45)38(37)42(36)47/h10-18,23-28,45-46H,19-22H2,1-9H3. The first-order valence-corrected chi connectivity index (χ1v) is 19.0. The van der Waals surface area contributed by atoms with Crippen molar-refractivity contribution >= 4 is 34.6 Å². The molecule has 0 bridgehead atoms. The molecule has 2 atom stereocenters. The maximum atomic E-state index is 14.9. The molecule has 3 nitrogen and oxygen atoms in total. The first-order valence-electron chi connectivity index (χ1n) is 17.8. The van der Waals surface area contributed by atoms with E-state index in [1.54, 1.807) is 11.8 Å². The van der Waals surface area contributed by atoms with Gasteiger partial charge in [0.15, 0.2) is 5.78 Å². The van der Waals surface area contributed by atoms with Gasteiger partial charge in [-0.15, -0.1) is 0 Å². The minimum atomic E-state index is -0.296. The lowest BCUT2D eigenvalue weighted by atomic mass is 9.77. The number of phenolic OH excluding ortho intramolecular Hbond substituents is 2. The third-order valence-corrected chi connectivity index (χ3v) is 11.0. The highest BCUT2D eigenvalue weighted by molar-refractivity contribution is 7.99. The summed E-state index contributed by atoms with van der Waals surface area (Å²) in [5, 5.41) is 24.0. The van der Waals surface area contributed by atoms with Crippen LogP contribution in [0.5, 0.6) is 11.5 Å². The van der Waals surface area contributed by atoms with Crippen LogP contribution >= 0.6 is 24.0 Å². The lowest BCUT2D eigenvalue weighted by molar-refractivity contribution is 0.103. The number of thiocarbonyl (C=S) groups is 1. The van der Waals surface area contributed by atoms with Crippen LogP contribution in [0.2, 0.25) is 0 Å². The molecule has 5 rings (SSSR count). The molecule has 0 saturated carbocycles. The van der Waals surface area contributed by atoms with E-state index in [2.05, 4.69) is 86.6 Å². The van der Waals surface area contributed by atoms with Crippen LogP contribution < -0.4 is 0 Å². The summed E-state index contributed by atoms with van der Waals surface area (Å²) < 4.78 is 0. The molecule has 0 fully saturated rings. The molecule has 5 heteroatoms. The first-order chi connectivity index (χ1) is 23.1. The van der Waals surface area contributed by atoms with Gasteiger partial charge in [-0.05, 0) is 107 Å². The third-order valence-electron chi connectivity index (χ3n) is 9.55. The average Bonchev–Trinajstić information content (AvgIpc) is 3.01. The number of carbonyl (C=O) groups is 1. The van der Waals surface area contributed by atoms with Crippen LogP contribution in [0.4, 0.5) is 0 Å². The number of benzene rings is 4. The molecule has 0 heterocycles. The second kappa shape index (κ2) is 14.8.